The molecule has 1 aliphatic rings. The third-order valence-corrected chi connectivity index (χ3v) is 6.60. The maximum Gasteiger partial charge on any atom is 0.416 e. The number of aryl methyl sites for hydroxylation is 1. The highest BCUT2D eigenvalue weighted by molar-refractivity contribution is 6.07. The predicted molar refractivity (Wildman–Crippen MR) is 127 cm³/mol. The lowest BCUT2D eigenvalue weighted by atomic mass is 9.86. The topological polar surface area (TPSA) is 64.5 Å². The first-order valence-electron chi connectivity index (χ1n) is 11.4. The summed E-state index contributed by atoms with van der Waals surface area (Å²) >= 11 is 0. The van der Waals surface area contributed by atoms with Crippen molar-refractivity contribution in [3.8, 4) is 16.9 Å². The van der Waals surface area contributed by atoms with Gasteiger partial charge in [-0.1, -0.05) is 6.07 Å². The first kappa shape index (κ1) is 23.5. The Morgan fingerprint density at radius 3 is 2.66 bits per heavy atom. The molecule has 5 rings (SSSR count). The standard InChI is InChI=1S/C27H25F3N2O3/c1-15-13-19-17(5-4-10-31-19)24(22(15)21(14-33)35-26(2,3)27(28,29)30)18-6-7-20-23-16(9-12-34-20)8-11-32-25(18)23/h4-8,10-11,13,21,33H,9,12,14H2,1-3H3/t21-/m1/s1. The number of halogens is 3. The van der Waals surface area contributed by atoms with Crippen LogP contribution in [0.2, 0.25) is 0 Å². The number of hydrogen-bond acceptors (Lipinski definition) is 5. The summed E-state index contributed by atoms with van der Waals surface area (Å²) in [6.45, 7) is 3.67. The van der Waals surface area contributed by atoms with Crippen molar-refractivity contribution in [1.29, 1.82) is 0 Å². The summed E-state index contributed by atoms with van der Waals surface area (Å²) in [4.78, 5) is 9.14. The molecule has 5 nitrogen and oxygen atoms in total. The molecule has 0 radical (unpaired) electrons. The second kappa shape index (κ2) is 8.46. The van der Waals surface area contributed by atoms with Crippen molar-refractivity contribution in [2.24, 2.45) is 0 Å². The molecule has 8 heteroatoms. The van der Waals surface area contributed by atoms with Gasteiger partial charge in [-0.3, -0.25) is 9.97 Å². The number of aliphatic hydroxyl groups excluding tert-OH is 1. The molecule has 0 saturated carbocycles. The van der Waals surface area contributed by atoms with E-state index in [4.69, 9.17) is 9.47 Å². The summed E-state index contributed by atoms with van der Waals surface area (Å²) in [5.74, 6) is 0.725. The van der Waals surface area contributed by atoms with E-state index in [0.29, 0.717) is 34.3 Å². The minimum absolute atomic E-state index is 0.476. The molecular formula is C27H25F3N2O3. The van der Waals surface area contributed by atoms with Crippen molar-refractivity contribution in [1.82, 2.24) is 9.97 Å². The Bertz CT molecular complexity index is 1420. The molecule has 0 unspecified atom stereocenters. The first-order chi connectivity index (χ1) is 16.6. The Morgan fingerprint density at radius 1 is 1.11 bits per heavy atom. The van der Waals surface area contributed by atoms with Gasteiger partial charge in [-0.05, 0) is 73.4 Å². The molecule has 0 saturated heterocycles. The molecule has 0 spiro atoms. The zero-order chi connectivity index (χ0) is 25.0. The summed E-state index contributed by atoms with van der Waals surface area (Å²) in [7, 11) is 0. The lowest BCUT2D eigenvalue weighted by molar-refractivity contribution is -0.280. The van der Waals surface area contributed by atoms with Crippen LogP contribution in [0.4, 0.5) is 13.2 Å². The summed E-state index contributed by atoms with van der Waals surface area (Å²) < 4.78 is 52.6. The molecule has 3 heterocycles. The highest BCUT2D eigenvalue weighted by Crippen LogP contribution is 2.45. The van der Waals surface area contributed by atoms with Crippen LogP contribution in [-0.4, -0.2) is 40.1 Å². The number of pyridine rings is 2. The van der Waals surface area contributed by atoms with E-state index >= 15 is 0 Å². The molecular weight excluding hydrogens is 457 g/mol. The number of alkyl halides is 3. The van der Waals surface area contributed by atoms with Gasteiger partial charge in [0.05, 0.1) is 24.2 Å². The van der Waals surface area contributed by atoms with Gasteiger partial charge >= 0.3 is 6.18 Å². The first-order valence-corrected chi connectivity index (χ1v) is 11.4. The molecule has 0 aliphatic carbocycles. The fraction of sp³-hybridized carbons (Fsp3) is 0.333. The van der Waals surface area contributed by atoms with Crippen LogP contribution >= 0.6 is 0 Å². The van der Waals surface area contributed by atoms with Crippen molar-refractivity contribution in [3.05, 3.63) is 65.5 Å². The Kier molecular flexibility index (Phi) is 5.68. The fourth-order valence-electron chi connectivity index (χ4n) is 4.79. The van der Waals surface area contributed by atoms with Gasteiger partial charge in [0, 0.05) is 35.2 Å². The van der Waals surface area contributed by atoms with Crippen LogP contribution < -0.4 is 4.74 Å². The average Bonchev–Trinajstić information content (AvgIpc) is 2.82. The van der Waals surface area contributed by atoms with Crippen LogP contribution in [0.15, 0.2) is 48.8 Å². The lowest BCUT2D eigenvalue weighted by Crippen LogP contribution is -2.43. The third kappa shape index (κ3) is 3.90. The number of aliphatic hydroxyl groups is 1. The molecule has 182 valence electrons. The lowest BCUT2D eigenvalue weighted by Gasteiger charge is -2.34. The normalized spacial score (nSPS) is 14.8. The third-order valence-electron chi connectivity index (χ3n) is 6.60. The van der Waals surface area contributed by atoms with E-state index in [1.165, 1.54) is 0 Å². The van der Waals surface area contributed by atoms with Gasteiger partial charge in [-0.25, -0.2) is 0 Å². The number of nitrogens with zero attached hydrogens (tertiary/aromatic N) is 2. The van der Waals surface area contributed by atoms with Crippen molar-refractivity contribution >= 4 is 21.8 Å². The number of ether oxygens (including phenoxy) is 2. The molecule has 2 aromatic heterocycles. The zero-order valence-corrected chi connectivity index (χ0v) is 19.6. The van der Waals surface area contributed by atoms with Crippen LogP contribution in [0.3, 0.4) is 0 Å². The molecule has 2 aromatic carbocycles. The van der Waals surface area contributed by atoms with Crippen LogP contribution in [0.5, 0.6) is 5.75 Å². The minimum Gasteiger partial charge on any atom is -0.493 e. The highest BCUT2D eigenvalue weighted by atomic mass is 19.4. The van der Waals surface area contributed by atoms with E-state index in [2.05, 4.69) is 9.97 Å². The van der Waals surface area contributed by atoms with E-state index in [9.17, 15) is 18.3 Å². The van der Waals surface area contributed by atoms with Crippen molar-refractivity contribution in [2.75, 3.05) is 13.2 Å². The molecule has 0 bridgehead atoms. The number of rotatable bonds is 5. The van der Waals surface area contributed by atoms with Gasteiger partial charge in [0.2, 0.25) is 0 Å². The maximum absolute atomic E-state index is 13.7. The zero-order valence-electron chi connectivity index (χ0n) is 19.6. The molecule has 1 atom stereocenters. The van der Waals surface area contributed by atoms with Crippen molar-refractivity contribution in [2.45, 2.75) is 45.1 Å². The van der Waals surface area contributed by atoms with Gasteiger partial charge in [0.1, 0.15) is 11.9 Å². The average molecular weight is 483 g/mol. The molecule has 4 aromatic rings. The smallest absolute Gasteiger partial charge is 0.416 e. The quantitative estimate of drug-likeness (QED) is 0.373. The number of benzene rings is 2. The minimum atomic E-state index is -4.62. The molecule has 0 fully saturated rings. The van der Waals surface area contributed by atoms with E-state index in [1.807, 2.05) is 30.3 Å². The predicted octanol–water partition coefficient (Wildman–Crippen LogP) is 6.08. The molecule has 35 heavy (non-hydrogen) atoms. The fourth-order valence-corrected chi connectivity index (χ4v) is 4.79. The van der Waals surface area contributed by atoms with Crippen molar-refractivity contribution < 1.29 is 27.8 Å². The second-order valence-corrected chi connectivity index (χ2v) is 9.25. The van der Waals surface area contributed by atoms with E-state index < -0.39 is 24.5 Å². The molecule has 0 amide bonds. The van der Waals surface area contributed by atoms with E-state index in [1.54, 1.807) is 25.4 Å². The van der Waals surface area contributed by atoms with Crippen LogP contribution in [-0.2, 0) is 11.2 Å². The van der Waals surface area contributed by atoms with E-state index in [-0.39, 0.29) is 0 Å². The van der Waals surface area contributed by atoms with Crippen molar-refractivity contribution in [3.63, 3.8) is 0 Å². The molecule has 1 aliphatic heterocycles. The Morgan fingerprint density at radius 2 is 1.91 bits per heavy atom. The maximum atomic E-state index is 13.7. The number of hydrogen-bond donors (Lipinski definition) is 1. The second-order valence-electron chi connectivity index (χ2n) is 9.25. The van der Waals surface area contributed by atoms with Gasteiger partial charge in [-0.2, -0.15) is 13.2 Å². The highest BCUT2D eigenvalue weighted by Gasteiger charge is 2.50. The van der Waals surface area contributed by atoms with Gasteiger partial charge < -0.3 is 14.6 Å². The largest absolute Gasteiger partial charge is 0.493 e. The molecule has 1 N–H and O–H groups in total. The monoisotopic (exact) mass is 482 g/mol. The van der Waals surface area contributed by atoms with Gasteiger partial charge in [0.25, 0.3) is 0 Å². The van der Waals surface area contributed by atoms with Gasteiger partial charge in [-0.15, -0.1) is 0 Å². The van der Waals surface area contributed by atoms with Gasteiger partial charge in [0.15, 0.2) is 5.60 Å². The van der Waals surface area contributed by atoms with Crippen LogP contribution in [0.25, 0.3) is 32.9 Å². The Balaban J connectivity index is 1.83. The summed E-state index contributed by atoms with van der Waals surface area (Å²) in [5, 5.41) is 11.9. The SMILES string of the molecule is Cc1cc2ncccc2c(-c2ccc3c4c(ccnc24)CCO3)c1[C@@H](CO)OC(C)(C)C(F)(F)F. The summed E-state index contributed by atoms with van der Waals surface area (Å²) in [6, 6.07) is 11.2. The summed E-state index contributed by atoms with van der Waals surface area (Å²) in [5.41, 5.74) is 2.51. The van der Waals surface area contributed by atoms with E-state index in [0.717, 1.165) is 47.9 Å². The Hall–Kier alpha value is -3.23. The van der Waals surface area contributed by atoms with Crippen LogP contribution in [0, 0.1) is 6.92 Å². The van der Waals surface area contributed by atoms with Crippen LogP contribution in [0.1, 0.15) is 36.6 Å². The number of fused-ring (bicyclic) bond motifs is 1. The summed E-state index contributed by atoms with van der Waals surface area (Å²) in [6.07, 6.45) is -1.71. The Labute approximate surface area is 200 Å². The number of aromatic nitrogens is 2.